The fraction of sp³-hybridized carbons (Fsp3) is 0.600. The molecule has 0 amide bonds. The summed E-state index contributed by atoms with van der Waals surface area (Å²) in [5.41, 5.74) is 2.24. The van der Waals surface area contributed by atoms with Gasteiger partial charge in [0.15, 0.2) is 0 Å². The van der Waals surface area contributed by atoms with Crippen LogP contribution in [0, 0.1) is 0 Å². The molecule has 0 fully saturated rings. The predicted molar refractivity (Wildman–Crippen MR) is 49.5 cm³/mol. The summed E-state index contributed by atoms with van der Waals surface area (Å²) >= 11 is 0. The van der Waals surface area contributed by atoms with Crippen molar-refractivity contribution in [3.63, 3.8) is 0 Å². The SMILES string of the molecule is C=C(C)CCC=C(C)C(C)O. The highest BCUT2D eigenvalue weighted by molar-refractivity contribution is 5.04. The first kappa shape index (κ1) is 10.4. The Morgan fingerprint density at radius 2 is 2.09 bits per heavy atom. The summed E-state index contributed by atoms with van der Waals surface area (Å²) in [6.07, 6.45) is 3.77. The highest BCUT2D eigenvalue weighted by Crippen LogP contribution is 2.06. The van der Waals surface area contributed by atoms with Crippen LogP contribution in [-0.2, 0) is 0 Å². The number of hydrogen-bond donors (Lipinski definition) is 1. The second kappa shape index (κ2) is 5.14. The van der Waals surface area contributed by atoms with Crippen molar-refractivity contribution < 1.29 is 5.11 Å². The molecule has 1 heteroatoms. The first-order valence-corrected chi connectivity index (χ1v) is 4.03. The van der Waals surface area contributed by atoms with Crippen LogP contribution >= 0.6 is 0 Å². The molecular weight excluding hydrogens is 136 g/mol. The van der Waals surface area contributed by atoms with E-state index in [1.807, 2.05) is 13.8 Å². The van der Waals surface area contributed by atoms with Crippen LogP contribution in [0.3, 0.4) is 0 Å². The lowest BCUT2D eigenvalue weighted by Crippen LogP contribution is -2.00. The Hall–Kier alpha value is -0.560. The van der Waals surface area contributed by atoms with Crippen molar-refractivity contribution in [1.82, 2.24) is 0 Å². The molecule has 0 saturated carbocycles. The Labute approximate surface area is 69.4 Å². The normalized spacial score (nSPS) is 14.7. The molecular formula is C10H18O. The van der Waals surface area contributed by atoms with Crippen LogP contribution in [0.25, 0.3) is 0 Å². The number of allylic oxidation sites excluding steroid dienone is 2. The van der Waals surface area contributed by atoms with Crippen molar-refractivity contribution in [3.8, 4) is 0 Å². The van der Waals surface area contributed by atoms with E-state index in [0.29, 0.717) is 0 Å². The van der Waals surface area contributed by atoms with Gasteiger partial charge < -0.3 is 5.11 Å². The third-order valence-corrected chi connectivity index (χ3v) is 1.70. The molecule has 1 unspecified atom stereocenters. The van der Waals surface area contributed by atoms with Gasteiger partial charge in [0.25, 0.3) is 0 Å². The second-order valence-electron chi connectivity index (χ2n) is 3.12. The fourth-order valence-corrected chi connectivity index (χ4v) is 0.717. The van der Waals surface area contributed by atoms with Gasteiger partial charge in [-0.2, -0.15) is 0 Å². The second-order valence-corrected chi connectivity index (χ2v) is 3.12. The average Bonchev–Trinajstić information content (AvgIpc) is 1.86. The van der Waals surface area contributed by atoms with Crippen LogP contribution in [0.2, 0.25) is 0 Å². The molecule has 1 nitrogen and oxygen atoms in total. The van der Waals surface area contributed by atoms with Gasteiger partial charge in [-0.3, -0.25) is 0 Å². The minimum absolute atomic E-state index is 0.305. The maximum absolute atomic E-state index is 9.10. The molecule has 0 aromatic rings. The Morgan fingerprint density at radius 3 is 2.45 bits per heavy atom. The first-order valence-electron chi connectivity index (χ1n) is 4.03. The average molecular weight is 154 g/mol. The van der Waals surface area contributed by atoms with E-state index >= 15 is 0 Å². The van der Waals surface area contributed by atoms with Gasteiger partial charge in [-0.1, -0.05) is 11.6 Å². The van der Waals surface area contributed by atoms with Gasteiger partial charge in [0.2, 0.25) is 0 Å². The topological polar surface area (TPSA) is 20.2 Å². The van der Waals surface area contributed by atoms with Crippen molar-refractivity contribution in [2.75, 3.05) is 0 Å². The third-order valence-electron chi connectivity index (χ3n) is 1.70. The largest absolute Gasteiger partial charge is 0.389 e. The Morgan fingerprint density at radius 1 is 1.55 bits per heavy atom. The molecule has 0 bridgehead atoms. The molecule has 0 heterocycles. The van der Waals surface area contributed by atoms with Crippen LogP contribution in [0.15, 0.2) is 23.8 Å². The monoisotopic (exact) mass is 154 g/mol. The van der Waals surface area contributed by atoms with Crippen molar-refractivity contribution in [2.24, 2.45) is 0 Å². The first-order chi connectivity index (χ1) is 5.04. The van der Waals surface area contributed by atoms with Gasteiger partial charge in [0.1, 0.15) is 0 Å². The van der Waals surface area contributed by atoms with Crippen LogP contribution in [0.4, 0.5) is 0 Å². The van der Waals surface area contributed by atoms with Gasteiger partial charge in [-0.15, -0.1) is 6.58 Å². The number of aliphatic hydroxyl groups is 1. The maximum atomic E-state index is 9.10. The van der Waals surface area contributed by atoms with E-state index in [1.165, 1.54) is 5.57 Å². The van der Waals surface area contributed by atoms with Crippen molar-refractivity contribution >= 4 is 0 Å². The zero-order valence-electron chi connectivity index (χ0n) is 7.72. The summed E-state index contributed by atoms with van der Waals surface area (Å²) in [7, 11) is 0. The molecule has 11 heavy (non-hydrogen) atoms. The zero-order valence-corrected chi connectivity index (χ0v) is 7.72. The van der Waals surface area contributed by atoms with Crippen LogP contribution < -0.4 is 0 Å². The molecule has 0 aliphatic carbocycles. The molecule has 0 saturated heterocycles. The van der Waals surface area contributed by atoms with Gasteiger partial charge in [0, 0.05) is 0 Å². The van der Waals surface area contributed by atoms with Crippen molar-refractivity contribution in [3.05, 3.63) is 23.8 Å². The third kappa shape index (κ3) is 5.86. The van der Waals surface area contributed by atoms with Crippen LogP contribution in [-0.4, -0.2) is 11.2 Å². The predicted octanol–water partition coefficient (Wildman–Crippen LogP) is 2.67. The summed E-state index contributed by atoms with van der Waals surface area (Å²) in [4.78, 5) is 0. The Bertz CT molecular complexity index is 154. The van der Waals surface area contributed by atoms with Gasteiger partial charge in [0.05, 0.1) is 6.10 Å². The van der Waals surface area contributed by atoms with E-state index < -0.39 is 0 Å². The highest BCUT2D eigenvalue weighted by atomic mass is 16.3. The van der Waals surface area contributed by atoms with Crippen molar-refractivity contribution in [1.29, 1.82) is 0 Å². The van der Waals surface area contributed by atoms with E-state index in [9.17, 15) is 0 Å². The summed E-state index contributed by atoms with van der Waals surface area (Å²) in [5.74, 6) is 0. The molecule has 0 spiro atoms. The van der Waals surface area contributed by atoms with E-state index in [1.54, 1.807) is 6.92 Å². The Kier molecular flexibility index (Phi) is 4.88. The Balaban J connectivity index is 3.65. The number of hydrogen-bond acceptors (Lipinski definition) is 1. The quantitative estimate of drug-likeness (QED) is 0.617. The standard InChI is InChI=1S/C10H18O/c1-8(2)6-5-7-9(3)10(4)11/h7,10-11H,1,5-6H2,2-4H3. The van der Waals surface area contributed by atoms with Gasteiger partial charge >= 0.3 is 0 Å². The molecule has 0 aliphatic heterocycles. The highest BCUT2D eigenvalue weighted by Gasteiger charge is 1.95. The molecule has 0 aromatic heterocycles. The van der Waals surface area contributed by atoms with Crippen LogP contribution in [0.5, 0.6) is 0 Å². The van der Waals surface area contributed by atoms with Crippen LogP contribution in [0.1, 0.15) is 33.6 Å². The maximum Gasteiger partial charge on any atom is 0.0719 e. The molecule has 0 radical (unpaired) electrons. The summed E-state index contributed by atoms with van der Waals surface area (Å²) in [6, 6.07) is 0. The number of rotatable bonds is 4. The lowest BCUT2D eigenvalue weighted by molar-refractivity contribution is 0.231. The summed E-state index contributed by atoms with van der Waals surface area (Å²) in [5, 5.41) is 9.10. The minimum atomic E-state index is -0.305. The zero-order chi connectivity index (χ0) is 8.85. The van der Waals surface area contributed by atoms with E-state index in [2.05, 4.69) is 12.7 Å². The van der Waals surface area contributed by atoms with Gasteiger partial charge in [-0.25, -0.2) is 0 Å². The molecule has 0 aromatic carbocycles. The lowest BCUT2D eigenvalue weighted by Gasteiger charge is -2.03. The molecule has 64 valence electrons. The number of aliphatic hydroxyl groups excluding tert-OH is 1. The smallest absolute Gasteiger partial charge is 0.0719 e. The van der Waals surface area contributed by atoms with E-state index in [0.717, 1.165) is 18.4 Å². The van der Waals surface area contributed by atoms with Crippen molar-refractivity contribution in [2.45, 2.75) is 39.7 Å². The fourth-order valence-electron chi connectivity index (χ4n) is 0.717. The minimum Gasteiger partial charge on any atom is -0.389 e. The summed E-state index contributed by atoms with van der Waals surface area (Å²) < 4.78 is 0. The van der Waals surface area contributed by atoms with E-state index in [4.69, 9.17) is 5.11 Å². The summed E-state index contributed by atoms with van der Waals surface area (Å²) in [6.45, 7) is 9.56. The molecule has 0 aliphatic rings. The lowest BCUT2D eigenvalue weighted by atomic mass is 10.1. The molecule has 1 atom stereocenters. The molecule has 0 rings (SSSR count). The molecule has 1 N–H and O–H groups in total. The van der Waals surface area contributed by atoms with Gasteiger partial charge in [-0.05, 0) is 39.2 Å². The van der Waals surface area contributed by atoms with E-state index in [-0.39, 0.29) is 6.10 Å².